The van der Waals surface area contributed by atoms with Gasteiger partial charge in [0.2, 0.25) is 0 Å². The maximum absolute atomic E-state index is 4.25. The van der Waals surface area contributed by atoms with Crippen LogP contribution in [0.5, 0.6) is 0 Å². The van der Waals surface area contributed by atoms with Crippen molar-refractivity contribution in [2.24, 2.45) is 0 Å². The molecule has 0 aliphatic heterocycles. The van der Waals surface area contributed by atoms with Crippen LogP contribution in [0.25, 0.3) is 11.3 Å². The average molecular weight is 168 g/mol. The molecule has 0 atom stereocenters. The third-order valence-corrected chi connectivity index (χ3v) is 2.04. The minimum Gasteiger partial charge on any atom is -0.256 e. The lowest BCUT2D eigenvalue weighted by Gasteiger charge is -2.02. The van der Waals surface area contributed by atoms with Crippen molar-refractivity contribution in [1.29, 1.82) is 0 Å². The van der Waals surface area contributed by atoms with Gasteiger partial charge in [-0.25, -0.2) is 0 Å². The minimum absolute atomic E-state index is 1.01. The zero-order valence-corrected chi connectivity index (χ0v) is 7.49. The molecule has 0 amide bonds. The first kappa shape index (κ1) is 7.99. The van der Waals surface area contributed by atoms with Crippen LogP contribution in [-0.4, -0.2) is 4.98 Å². The molecule has 1 aromatic heterocycles. The number of aromatic nitrogens is 1. The Labute approximate surface area is 78.1 Å². The Morgan fingerprint density at radius 3 is 2.69 bits per heavy atom. The average Bonchev–Trinajstić information content (AvgIpc) is 2.20. The molecule has 2 rings (SSSR count). The molecule has 0 aliphatic carbocycles. The third-order valence-electron chi connectivity index (χ3n) is 2.04. The van der Waals surface area contributed by atoms with E-state index in [9.17, 15) is 0 Å². The zero-order valence-electron chi connectivity index (χ0n) is 7.49. The zero-order chi connectivity index (χ0) is 9.10. The van der Waals surface area contributed by atoms with Gasteiger partial charge in [0.05, 0.1) is 5.69 Å². The summed E-state index contributed by atoms with van der Waals surface area (Å²) in [6, 6.07) is 15.0. The minimum atomic E-state index is 1.01. The highest BCUT2D eigenvalue weighted by Gasteiger charge is 1.99. The summed E-state index contributed by atoms with van der Waals surface area (Å²) in [7, 11) is 0. The predicted molar refractivity (Wildman–Crippen MR) is 53.2 cm³/mol. The van der Waals surface area contributed by atoms with Crippen LogP contribution in [0.4, 0.5) is 0 Å². The molecule has 0 saturated carbocycles. The van der Waals surface area contributed by atoms with Gasteiger partial charge >= 0.3 is 0 Å². The van der Waals surface area contributed by atoms with Crippen LogP contribution in [0, 0.1) is 13.0 Å². The summed E-state index contributed by atoms with van der Waals surface area (Å²) in [5, 5.41) is 0. The molecule has 0 N–H and O–H groups in total. The van der Waals surface area contributed by atoms with Crippen molar-refractivity contribution < 1.29 is 0 Å². The van der Waals surface area contributed by atoms with Gasteiger partial charge in [-0.2, -0.15) is 0 Å². The van der Waals surface area contributed by atoms with Crippen molar-refractivity contribution in [3.05, 3.63) is 54.2 Å². The summed E-state index contributed by atoms with van der Waals surface area (Å²) in [5.41, 5.74) is 3.45. The SMILES string of the molecule is Cc1ccccc1-c1cc[c]cn1. The fourth-order valence-corrected chi connectivity index (χ4v) is 1.34. The summed E-state index contributed by atoms with van der Waals surface area (Å²) < 4.78 is 0. The molecule has 0 aliphatic rings. The molecule has 0 unspecified atom stereocenters. The van der Waals surface area contributed by atoms with E-state index in [0.29, 0.717) is 0 Å². The molecule has 1 nitrogen and oxygen atoms in total. The second-order valence-electron chi connectivity index (χ2n) is 2.96. The lowest BCUT2D eigenvalue weighted by atomic mass is 10.1. The quantitative estimate of drug-likeness (QED) is 0.638. The first-order chi connectivity index (χ1) is 6.38. The number of nitrogens with zero attached hydrogens (tertiary/aromatic N) is 1. The van der Waals surface area contributed by atoms with Crippen molar-refractivity contribution in [1.82, 2.24) is 4.98 Å². The highest BCUT2D eigenvalue weighted by molar-refractivity contribution is 5.62. The maximum Gasteiger partial charge on any atom is 0.0705 e. The molecular weight excluding hydrogens is 158 g/mol. The molecule has 0 fully saturated rings. The lowest BCUT2D eigenvalue weighted by Crippen LogP contribution is -1.84. The van der Waals surface area contributed by atoms with Crippen LogP contribution < -0.4 is 0 Å². The monoisotopic (exact) mass is 168 g/mol. The number of hydrogen-bond acceptors (Lipinski definition) is 1. The normalized spacial score (nSPS) is 9.92. The Hall–Kier alpha value is -1.63. The predicted octanol–water partition coefficient (Wildman–Crippen LogP) is 2.86. The van der Waals surface area contributed by atoms with E-state index in [-0.39, 0.29) is 0 Å². The molecule has 1 heterocycles. The van der Waals surface area contributed by atoms with Crippen molar-refractivity contribution in [2.75, 3.05) is 0 Å². The van der Waals surface area contributed by atoms with E-state index in [1.807, 2.05) is 24.3 Å². The fourth-order valence-electron chi connectivity index (χ4n) is 1.34. The van der Waals surface area contributed by atoms with Crippen molar-refractivity contribution in [2.45, 2.75) is 6.92 Å². The van der Waals surface area contributed by atoms with Gasteiger partial charge in [-0.1, -0.05) is 30.3 Å². The summed E-state index contributed by atoms with van der Waals surface area (Å²) >= 11 is 0. The maximum atomic E-state index is 4.25. The summed E-state index contributed by atoms with van der Waals surface area (Å²) in [5.74, 6) is 0. The van der Waals surface area contributed by atoms with Crippen LogP contribution in [0.1, 0.15) is 5.56 Å². The van der Waals surface area contributed by atoms with E-state index in [0.717, 1.165) is 5.69 Å². The smallest absolute Gasteiger partial charge is 0.0705 e. The highest BCUT2D eigenvalue weighted by atomic mass is 14.7. The van der Waals surface area contributed by atoms with E-state index in [1.165, 1.54) is 11.1 Å². The van der Waals surface area contributed by atoms with Crippen molar-refractivity contribution in [3.8, 4) is 11.3 Å². The van der Waals surface area contributed by atoms with Crippen LogP contribution >= 0.6 is 0 Å². The number of benzene rings is 1. The summed E-state index contributed by atoms with van der Waals surface area (Å²) in [6.45, 7) is 2.09. The van der Waals surface area contributed by atoms with Gasteiger partial charge in [-0.15, -0.1) is 0 Å². The van der Waals surface area contributed by atoms with Gasteiger partial charge in [0, 0.05) is 17.8 Å². The second-order valence-corrected chi connectivity index (χ2v) is 2.96. The molecule has 1 heteroatoms. The third kappa shape index (κ3) is 1.59. The van der Waals surface area contributed by atoms with Gasteiger partial charge in [0.15, 0.2) is 0 Å². The first-order valence-electron chi connectivity index (χ1n) is 4.26. The standard InChI is InChI=1S/C12H10N/c1-10-6-2-3-7-11(10)12-8-4-5-9-13-12/h2-4,6-9H,1H3. The molecule has 0 spiro atoms. The Kier molecular flexibility index (Phi) is 2.09. The summed E-state index contributed by atoms with van der Waals surface area (Å²) in [4.78, 5) is 4.25. The number of hydrogen-bond donors (Lipinski definition) is 0. The van der Waals surface area contributed by atoms with Gasteiger partial charge in [0.25, 0.3) is 0 Å². The molecule has 1 aromatic carbocycles. The highest BCUT2D eigenvalue weighted by Crippen LogP contribution is 2.19. The molecule has 0 bridgehead atoms. The first-order valence-corrected chi connectivity index (χ1v) is 4.26. The van der Waals surface area contributed by atoms with Crippen molar-refractivity contribution >= 4 is 0 Å². The number of aryl methyl sites for hydroxylation is 1. The fraction of sp³-hybridized carbons (Fsp3) is 0.0833. The topological polar surface area (TPSA) is 12.9 Å². The largest absolute Gasteiger partial charge is 0.256 e. The van der Waals surface area contributed by atoms with E-state index < -0.39 is 0 Å². The number of rotatable bonds is 1. The summed E-state index contributed by atoms with van der Waals surface area (Å²) in [6.07, 6.45) is 1.70. The van der Waals surface area contributed by atoms with E-state index in [2.05, 4.69) is 30.1 Å². The van der Waals surface area contributed by atoms with Crippen LogP contribution in [0.3, 0.4) is 0 Å². The molecule has 63 valence electrons. The second kappa shape index (κ2) is 3.40. The molecule has 0 saturated heterocycles. The molecule has 1 radical (unpaired) electrons. The van der Waals surface area contributed by atoms with Gasteiger partial charge < -0.3 is 0 Å². The number of pyridine rings is 1. The van der Waals surface area contributed by atoms with Crippen LogP contribution in [0.2, 0.25) is 0 Å². The molecule has 13 heavy (non-hydrogen) atoms. The van der Waals surface area contributed by atoms with E-state index in [4.69, 9.17) is 0 Å². The Morgan fingerprint density at radius 1 is 1.15 bits per heavy atom. The Balaban J connectivity index is 2.54. The lowest BCUT2D eigenvalue weighted by molar-refractivity contribution is 1.30. The van der Waals surface area contributed by atoms with E-state index >= 15 is 0 Å². The van der Waals surface area contributed by atoms with Gasteiger partial charge in [-0.3, -0.25) is 4.98 Å². The van der Waals surface area contributed by atoms with E-state index in [1.54, 1.807) is 6.20 Å². The van der Waals surface area contributed by atoms with Crippen LogP contribution in [-0.2, 0) is 0 Å². The van der Waals surface area contributed by atoms with Crippen molar-refractivity contribution in [3.63, 3.8) is 0 Å². The molecular formula is C12H10N. The van der Waals surface area contributed by atoms with Crippen LogP contribution in [0.15, 0.2) is 42.6 Å². The Bertz CT molecular complexity index is 393. The molecule has 2 aromatic rings. The van der Waals surface area contributed by atoms with Gasteiger partial charge in [-0.05, 0) is 18.6 Å². The Morgan fingerprint density at radius 2 is 2.00 bits per heavy atom. The van der Waals surface area contributed by atoms with Gasteiger partial charge in [0.1, 0.15) is 0 Å².